The van der Waals surface area contributed by atoms with E-state index in [0.29, 0.717) is 12.2 Å². The number of nitrogen functional groups attached to an aromatic ring is 1. The number of aromatic amines is 1. The maximum absolute atomic E-state index is 11.6. The number of hydrogen-bond acceptors (Lipinski definition) is 6. The van der Waals surface area contributed by atoms with Gasteiger partial charge >= 0.3 is 5.97 Å². The first-order valence-corrected chi connectivity index (χ1v) is 6.14. The van der Waals surface area contributed by atoms with Crippen LogP contribution in [0.3, 0.4) is 0 Å². The SMILES string of the molecule is CSCCC(NC(=O)c1n[nH]nc1N)C(=O)O. The highest BCUT2D eigenvalue weighted by Crippen LogP contribution is 2.05. The predicted molar refractivity (Wildman–Crippen MR) is 62.7 cm³/mol. The van der Waals surface area contributed by atoms with E-state index in [1.54, 1.807) is 0 Å². The molecule has 0 aromatic carbocycles. The third-order valence-corrected chi connectivity index (χ3v) is 2.65. The van der Waals surface area contributed by atoms with Crippen LogP contribution in [0.4, 0.5) is 5.82 Å². The highest BCUT2D eigenvalue weighted by molar-refractivity contribution is 7.98. The standard InChI is InChI=1S/C8H13N5O3S/c1-17-3-2-4(8(15)16)10-7(14)5-6(9)12-13-11-5/h4H,2-3H2,1H3,(H,10,14)(H,15,16)(H3,9,11,12,13). The molecule has 1 aromatic rings. The van der Waals surface area contributed by atoms with Gasteiger partial charge in [-0.1, -0.05) is 0 Å². The smallest absolute Gasteiger partial charge is 0.326 e. The van der Waals surface area contributed by atoms with Crippen LogP contribution in [0.2, 0.25) is 0 Å². The van der Waals surface area contributed by atoms with E-state index in [0.717, 1.165) is 0 Å². The van der Waals surface area contributed by atoms with E-state index in [4.69, 9.17) is 10.8 Å². The van der Waals surface area contributed by atoms with Crippen molar-refractivity contribution in [2.24, 2.45) is 0 Å². The van der Waals surface area contributed by atoms with Crippen molar-refractivity contribution in [3.63, 3.8) is 0 Å². The predicted octanol–water partition coefficient (Wildman–Crippen LogP) is -0.677. The van der Waals surface area contributed by atoms with Gasteiger partial charge in [-0.2, -0.15) is 17.0 Å². The molecule has 1 atom stereocenters. The van der Waals surface area contributed by atoms with E-state index in [2.05, 4.69) is 20.7 Å². The molecule has 0 spiro atoms. The number of amides is 1. The number of carbonyl (C=O) groups is 2. The van der Waals surface area contributed by atoms with Gasteiger partial charge in [0.1, 0.15) is 6.04 Å². The van der Waals surface area contributed by atoms with Gasteiger partial charge in [-0.05, 0) is 18.4 Å². The maximum Gasteiger partial charge on any atom is 0.326 e. The molecule has 17 heavy (non-hydrogen) atoms. The summed E-state index contributed by atoms with van der Waals surface area (Å²) in [5, 5.41) is 20.5. The quantitative estimate of drug-likeness (QED) is 0.531. The second-order valence-corrected chi connectivity index (χ2v) is 4.19. The molecule has 1 aromatic heterocycles. The Hall–Kier alpha value is -1.77. The molecule has 1 unspecified atom stereocenters. The summed E-state index contributed by atoms with van der Waals surface area (Å²) in [6.07, 6.45) is 2.19. The van der Waals surface area contributed by atoms with Crippen molar-refractivity contribution in [1.29, 1.82) is 0 Å². The van der Waals surface area contributed by atoms with Crippen molar-refractivity contribution in [3.05, 3.63) is 5.69 Å². The molecule has 5 N–H and O–H groups in total. The zero-order valence-corrected chi connectivity index (χ0v) is 9.95. The summed E-state index contributed by atoms with van der Waals surface area (Å²) in [7, 11) is 0. The first-order chi connectivity index (χ1) is 8.06. The number of carbonyl (C=O) groups excluding carboxylic acids is 1. The van der Waals surface area contributed by atoms with Gasteiger partial charge in [0, 0.05) is 0 Å². The molecule has 0 bridgehead atoms. The Kier molecular flexibility index (Phi) is 4.76. The molecule has 8 nitrogen and oxygen atoms in total. The lowest BCUT2D eigenvalue weighted by atomic mass is 10.2. The fourth-order valence-electron chi connectivity index (χ4n) is 1.13. The Morgan fingerprint density at radius 2 is 2.29 bits per heavy atom. The summed E-state index contributed by atoms with van der Waals surface area (Å²) >= 11 is 1.50. The zero-order valence-electron chi connectivity index (χ0n) is 9.14. The van der Waals surface area contributed by atoms with Crippen LogP contribution in [-0.2, 0) is 4.79 Å². The number of nitrogens with two attached hydrogens (primary N) is 1. The normalized spacial score (nSPS) is 12.1. The van der Waals surface area contributed by atoms with Crippen LogP contribution in [-0.4, -0.2) is 50.4 Å². The van der Waals surface area contributed by atoms with Crippen molar-refractivity contribution in [1.82, 2.24) is 20.7 Å². The first-order valence-electron chi connectivity index (χ1n) is 4.75. The number of nitrogens with zero attached hydrogens (tertiary/aromatic N) is 2. The number of H-pyrrole nitrogens is 1. The lowest BCUT2D eigenvalue weighted by molar-refractivity contribution is -0.139. The summed E-state index contributed by atoms with van der Waals surface area (Å²) in [4.78, 5) is 22.5. The summed E-state index contributed by atoms with van der Waals surface area (Å²) in [5.41, 5.74) is 5.28. The lowest BCUT2D eigenvalue weighted by Crippen LogP contribution is -2.41. The Morgan fingerprint density at radius 1 is 1.59 bits per heavy atom. The zero-order chi connectivity index (χ0) is 12.8. The van der Waals surface area contributed by atoms with Gasteiger partial charge in [0.2, 0.25) is 0 Å². The van der Waals surface area contributed by atoms with E-state index in [1.165, 1.54) is 11.8 Å². The molecule has 0 aliphatic carbocycles. The molecule has 1 rings (SSSR count). The minimum absolute atomic E-state index is 0.0588. The van der Waals surface area contributed by atoms with Gasteiger partial charge in [-0.15, -0.1) is 10.2 Å². The second-order valence-electron chi connectivity index (χ2n) is 3.20. The van der Waals surface area contributed by atoms with Gasteiger partial charge in [-0.25, -0.2) is 4.79 Å². The van der Waals surface area contributed by atoms with Gasteiger partial charge in [0.05, 0.1) is 0 Å². The number of rotatable bonds is 6. The van der Waals surface area contributed by atoms with Crippen LogP contribution in [0.1, 0.15) is 16.9 Å². The summed E-state index contributed by atoms with van der Waals surface area (Å²) in [6.45, 7) is 0. The van der Waals surface area contributed by atoms with Gasteiger partial charge in [0.15, 0.2) is 11.5 Å². The minimum Gasteiger partial charge on any atom is -0.480 e. The number of thioether (sulfide) groups is 1. The monoisotopic (exact) mass is 259 g/mol. The number of carboxylic acid groups (broad SMARTS) is 1. The molecular formula is C8H13N5O3S. The van der Waals surface area contributed by atoms with E-state index >= 15 is 0 Å². The minimum atomic E-state index is -1.09. The van der Waals surface area contributed by atoms with E-state index < -0.39 is 17.9 Å². The number of anilines is 1. The highest BCUT2D eigenvalue weighted by atomic mass is 32.2. The van der Waals surface area contributed by atoms with Gasteiger partial charge < -0.3 is 16.2 Å². The Labute approximate surface area is 101 Å². The molecule has 0 saturated heterocycles. The Morgan fingerprint density at radius 3 is 2.76 bits per heavy atom. The van der Waals surface area contributed by atoms with Crippen molar-refractivity contribution in [2.75, 3.05) is 17.7 Å². The van der Waals surface area contributed by atoms with Crippen LogP contribution in [0, 0.1) is 0 Å². The largest absolute Gasteiger partial charge is 0.480 e. The lowest BCUT2D eigenvalue weighted by Gasteiger charge is -2.12. The Balaban J connectivity index is 2.64. The second kappa shape index (κ2) is 6.09. The summed E-state index contributed by atoms with van der Waals surface area (Å²) in [5.74, 6) is -1.17. The fraction of sp³-hybridized carbons (Fsp3) is 0.500. The van der Waals surface area contributed by atoms with E-state index in [-0.39, 0.29) is 11.5 Å². The summed E-state index contributed by atoms with van der Waals surface area (Å²) < 4.78 is 0. The molecule has 94 valence electrons. The molecule has 0 saturated carbocycles. The molecule has 0 aliphatic rings. The molecule has 1 heterocycles. The molecular weight excluding hydrogens is 246 g/mol. The third kappa shape index (κ3) is 3.63. The molecule has 0 aliphatic heterocycles. The number of carboxylic acids is 1. The Bertz CT molecular complexity index is 408. The van der Waals surface area contributed by atoms with Crippen molar-refractivity contribution in [2.45, 2.75) is 12.5 Å². The van der Waals surface area contributed by atoms with Crippen LogP contribution in [0.5, 0.6) is 0 Å². The maximum atomic E-state index is 11.6. The van der Waals surface area contributed by atoms with E-state index in [1.807, 2.05) is 6.26 Å². The number of aromatic nitrogens is 3. The molecule has 0 radical (unpaired) electrons. The molecule has 1 amide bonds. The first kappa shape index (κ1) is 13.3. The average molecular weight is 259 g/mol. The van der Waals surface area contributed by atoms with Crippen LogP contribution >= 0.6 is 11.8 Å². The summed E-state index contributed by atoms with van der Waals surface area (Å²) in [6, 6.07) is -0.953. The third-order valence-electron chi connectivity index (χ3n) is 2.00. The molecule has 9 heteroatoms. The van der Waals surface area contributed by atoms with Crippen LogP contribution in [0.25, 0.3) is 0 Å². The van der Waals surface area contributed by atoms with E-state index in [9.17, 15) is 9.59 Å². The van der Waals surface area contributed by atoms with Gasteiger partial charge in [-0.3, -0.25) is 4.79 Å². The number of hydrogen-bond donors (Lipinski definition) is 4. The van der Waals surface area contributed by atoms with Crippen LogP contribution < -0.4 is 11.1 Å². The number of nitrogens with one attached hydrogen (secondary N) is 2. The molecule has 0 fully saturated rings. The van der Waals surface area contributed by atoms with Crippen molar-refractivity contribution >= 4 is 29.5 Å². The van der Waals surface area contributed by atoms with Crippen LogP contribution in [0.15, 0.2) is 0 Å². The fourth-order valence-corrected chi connectivity index (χ4v) is 1.60. The topological polar surface area (TPSA) is 134 Å². The average Bonchev–Trinajstić information content (AvgIpc) is 2.70. The number of aliphatic carboxylic acids is 1. The highest BCUT2D eigenvalue weighted by Gasteiger charge is 2.22. The van der Waals surface area contributed by atoms with Crippen molar-refractivity contribution < 1.29 is 14.7 Å². The van der Waals surface area contributed by atoms with Gasteiger partial charge in [0.25, 0.3) is 5.91 Å². The van der Waals surface area contributed by atoms with Crippen molar-refractivity contribution in [3.8, 4) is 0 Å².